The van der Waals surface area contributed by atoms with Crippen LogP contribution in [0.25, 0.3) is 11.0 Å². The number of benzene rings is 1. The zero-order valence-corrected chi connectivity index (χ0v) is 13.9. The number of halogens is 1. The molecular weight excluding hydrogens is 281 g/mol. The van der Waals surface area contributed by atoms with Crippen molar-refractivity contribution < 1.29 is 8.81 Å². The predicted molar refractivity (Wildman–Crippen MR) is 88.6 cm³/mol. The van der Waals surface area contributed by atoms with Crippen LogP contribution in [0.3, 0.4) is 0 Å². The van der Waals surface area contributed by atoms with E-state index in [-0.39, 0.29) is 11.4 Å². The molecule has 0 aliphatic rings. The first-order chi connectivity index (χ1) is 10.3. The monoisotopic (exact) mass is 305 g/mol. The lowest BCUT2D eigenvalue weighted by Gasteiger charge is -2.23. The largest absolute Gasteiger partial charge is 0.459 e. The van der Waals surface area contributed by atoms with Crippen LogP contribution in [0.2, 0.25) is 0 Å². The van der Waals surface area contributed by atoms with Crippen LogP contribution in [-0.2, 0) is 6.54 Å². The summed E-state index contributed by atoms with van der Waals surface area (Å²) in [6, 6.07) is 4.56. The van der Waals surface area contributed by atoms with Crippen molar-refractivity contribution in [3.05, 3.63) is 35.3 Å². The molecule has 0 spiro atoms. The summed E-state index contributed by atoms with van der Waals surface area (Å²) in [6.45, 7) is 11.4. The molecule has 0 atom stereocenters. The SMILES string of the molecule is CCNC(=NCc1oc2ccc(F)cc2c1C)NC(C)(C)C. The van der Waals surface area contributed by atoms with E-state index < -0.39 is 0 Å². The van der Waals surface area contributed by atoms with Gasteiger partial charge < -0.3 is 15.1 Å². The van der Waals surface area contributed by atoms with Crippen molar-refractivity contribution in [3.63, 3.8) is 0 Å². The van der Waals surface area contributed by atoms with E-state index in [2.05, 4.69) is 36.4 Å². The van der Waals surface area contributed by atoms with Gasteiger partial charge in [-0.05, 0) is 52.8 Å². The molecule has 22 heavy (non-hydrogen) atoms. The Bertz CT molecular complexity index is 683. The number of hydrogen-bond donors (Lipinski definition) is 2. The van der Waals surface area contributed by atoms with Gasteiger partial charge in [-0.15, -0.1) is 0 Å². The summed E-state index contributed by atoms with van der Waals surface area (Å²) < 4.78 is 19.1. The van der Waals surface area contributed by atoms with Gasteiger partial charge in [0.15, 0.2) is 5.96 Å². The summed E-state index contributed by atoms with van der Waals surface area (Å²) >= 11 is 0. The molecule has 0 aliphatic heterocycles. The number of nitrogens with one attached hydrogen (secondary N) is 2. The topological polar surface area (TPSA) is 49.6 Å². The van der Waals surface area contributed by atoms with Gasteiger partial charge in [0.1, 0.15) is 23.7 Å². The van der Waals surface area contributed by atoms with Crippen molar-refractivity contribution >= 4 is 16.9 Å². The van der Waals surface area contributed by atoms with E-state index >= 15 is 0 Å². The third kappa shape index (κ3) is 4.00. The van der Waals surface area contributed by atoms with Crippen LogP contribution in [0, 0.1) is 12.7 Å². The molecule has 0 aliphatic carbocycles. The highest BCUT2D eigenvalue weighted by molar-refractivity contribution is 5.83. The van der Waals surface area contributed by atoms with Gasteiger partial charge in [-0.2, -0.15) is 0 Å². The lowest BCUT2D eigenvalue weighted by molar-refractivity contribution is 0.498. The van der Waals surface area contributed by atoms with Crippen molar-refractivity contribution in [2.45, 2.75) is 46.7 Å². The smallest absolute Gasteiger partial charge is 0.192 e. The lowest BCUT2D eigenvalue weighted by Crippen LogP contribution is -2.47. The second kappa shape index (κ2) is 6.38. The molecular formula is C17H24FN3O. The van der Waals surface area contributed by atoms with Gasteiger partial charge >= 0.3 is 0 Å². The van der Waals surface area contributed by atoms with E-state index in [4.69, 9.17) is 4.42 Å². The van der Waals surface area contributed by atoms with Crippen LogP contribution in [0.5, 0.6) is 0 Å². The molecule has 0 unspecified atom stereocenters. The Labute approximate surface area is 130 Å². The van der Waals surface area contributed by atoms with Gasteiger partial charge in [-0.1, -0.05) is 0 Å². The molecule has 1 aromatic carbocycles. The summed E-state index contributed by atoms with van der Waals surface area (Å²) in [4.78, 5) is 4.55. The molecule has 1 aromatic heterocycles. The second-order valence-corrected chi connectivity index (χ2v) is 6.36. The first kappa shape index (κ1) is 16.3. The number of hydrogen-bond acceptors (Lipinski definition) is 2. The summed E-state index contributed by atoms with van der Waals surface area (Å²) in [5, 5.41) is 7.34. The minimum absolute atomic E-state index is 0.0763. The Morgan fingerprint density at radius 3 is 2.68 bits per heavy atom. The van der Waals surface area contributed by atoms with E-state index in [1.165, 1.54) is 12.1 Å². The fourth-order valence-corrected chi connectivity index (χ4v) is 2.21. The Hall–Kier alpha value is -2.04. The molecule has 2 N–H and O–H groups in total. The van der Waals surface area contributed by atoms with Crippen LogP contribution in [0.4, 0.5) is 4.39 Å². The van der Waals surface area contributed by atoms with Crippen molar-refractivity contribution in [2.24, 2.45) is 4.99 Å². The fraction of sp³-hybridized carbons (Fsp3) is 0.471. The summed E-state index contributed by atoms with van der Waals surface area (Å²) in [7, 11) is 0. The molecule has 2 rings (SSSR count). The summed E-state index contributed by atoms with van der Waals surface area (Å²) in [6.07, 6.45) is 0. The third-order valence-electron chi connectivity index (χ3n) is 3.22. The average molecular weight is 305 g/mol. The highest BCUT2D eigenvalue weighted by Crippen LogP contribution is 2.26. The maximum Gasteiger partial charge on any atom is 0.192 e. The van der Waals surface area contributed by atoms with Crippen LogP contribution in [-0.4, -0.2) is 18.0 Å². The first-order valence-corrected chi connectivity index (χ1v) is 7.54. The minimum atomic E-state index is -0.255. The van der Waals surface area contributed by atoms with E-state index in [0.717, 1.165) is 29.2 Å². The highest BCUT2D eigenvalue weighted by atomic mass is 19.1. The van der Waals surface area contributed by atoms with Gasteiger partial charge in [0.25, 0.3) is 0 Å². The zero-order valence-electron chi connectivity index (χ0n) is 13.9. The number of nitrogens with zero attached hydrogens (tertiary/aromatic N) is 1. The maximum absolute atomic E-state index is 13.3. The standard InChI is InChI=1S/C17H24FN3O/c1-6-19-16(21-17(3,4)5)20-10-15-11(2)13-9-12(18)7-8-14(13)22-15/h7-9H,6,10H2,1-5H3,(H2,19,20,21). The van der Waals surface area contributed by atoms with E-state index in [1.807, 2.05) is 13.8 Å². The predicted octanol–water partition coefficient (Wildman–Crippen LogP) is 3.73. The molecule has 0 saturated heterocycles. The third-order valence-corrected chi connectivity index (χ3v) is 3.22. The van der Waals surface area contributed by atoms with Crippen molar-refractivity contribution in [3.8, 4) is 0 Å². The maximum atomic E-state index is 13.3. The van der Waals surface area contributed by atoms with Gasteiger partial charge in [0, 0.05) is 23.0 Å². The molecule has 1 heterocycles. The van der Waals surface area contributed by atoms with E-state index in [1.54, 1.807) is 6.07 Å². The van der Waals surface area contributed by atoms with Crippen LogP contribution in [0.15, 0.2) is 27.6 Å². The molecule has 0 radical (unpaired) electrons. The number of aryl methyl sites for hydroxylation is 1. The summed E-state index contributed by atoms with van der Waals surface area (Å²) in [5.41, 5.74) is 1.55. The fourth-order valence-electron chi connectivity index (χ4n) is 2.21. The number of furan rings is 1. The molecule has 0 bridgehead atoms. The van der Waals surface area contributed by atoms with Crippen LogP contribution in [0.1, 0.15) is 39.0 Å². The molecule has 0 fully saturated rings. The van der Waals surface area contributed by atoms with E-state index in [9.17, 15) is 4.39 Å². The van der Waals surface area contributed by atoms with Crippen molar-refractivity contribution in [2.75, 3.05) is 6.54 Å². The van der Waals surface area contributed by atoms with Gasteiger partial charge in [0.05, 0.1) is 0 Å². The number of rotatable bonds is 3. The summed E-state index contributed by atoms with van der Waals surface area (Å²) in [5.74, 6) is 1.24. The Morgan fingerprint density at radius 2 is 2.05 bits per heavy atom. The van der Waals surface area contributed by atoms with Crippen LogP contribution < -0.4 is 10.6 Å². The lowest BCUT2D eigenvalue weighted by atomic mass is 10.1. The molecule has 5 heteroatoms. The Kier molecular flexibility index (Phi) is 4.74. The minimum Gasteiger partial charge on any atom is -0.459 e. The van der Waals surface area contributed by atoms with Crippen molar-refractivity contribution in [1.82, 2.24) is 10.6 Å². The Balaban J connectivity index is 2.25. The van der Waals surface area contributed by atoms with Crippen molar-refractivity contribution in [1.29, 1.82) is 0 Å². The molecule has 120 valence electrons. The molecule has 4 nitrogen and oxygen atoms in total. The average Bonchev–Trinajstić information content (AvgIpc) is 2.72. The van der Waals surface area contributed by atoms with Gasteiger partial charge in [-0.25, -0.2) is 9.38 Å². The number of guanidine groups is 1. The van der Waals surface area contributed by atoms with Gasteiger partial charge in [0.2, 0.25) is 0 Å². The first-order valence-electron chi connectivity index (χ1n) is 7.54. The highest BCUT2D eigenvalue weighted by Gasteiger charge is 2.14. The quantitative estimate of drug-likeness (QED) is 0.671. The molecule has 0 amide bonds. The Morgan fingerprint density at radius 1 is 1.32 bits per heavy atom. The number of fused-ring (bicyclic) bond motifs is 1. The van der Waals surface area contributed by atoms with Gasteiger partial charge in [-0.3, -0.25) is 0 Å². The second-order valence-electron chi connectivity index (χ2n) is 6.36. The molecule has 2 aromatic rings. The molecule has 0 saturated carbocycles. The van der Waals surface area contributed by atoms with E-state index in [0.29, 0.717) is 12.1 Å². The number of aliphatic imine (C=N–C) groups is 1. The normalized spacial score (nSPS) is 12.7. The van der Waals surface area contributed by atoms with Crippen LogP contribution >= 0.6 is 0 Å². The zero-order chi connectivity index (χ0) is 16.3.